The third-order valence-electron chi connectivity index (χ3n) is 7.56. The summed E-state index contributed by atoms with van der Waals surface area (Å²) in [6, 6.07) is 0. The standard InChI is InChI=1S/C36H44O16/c1-7-27(37)45-17-35(18-46-28(38)8-2,19-47-29(39)9-3)23-51-33(43)25-13-15-26(16-14-25)34(44)52-24-36(20-48-30(40)10-4,21-49-31(41)11-5)22-50-32(42)12-6/h7-12,25-26H,1-6,13-24H2. The molecule has 0 heterocycles. The molecule has 52 heavy (non-hydrogen) atoms. The Kier molecular flexibility index (Phi) is 19.4. The van der Waals surface area contributed by atoms with E-state index < -0.39 is 123 Å². The topological polar surface area (TPSA) is 210 Å². The van der Waals surface area contributed by atoms with Crippen molar-refractivity contribution in [3.8, 4) is 0 Å². The summed E-state index contributed by atoms with van der Waals surface area (Å²) in [7, 11) is 0. The Labute approximate surface area is 301 Å². The second-order valence-electron chi connectivity index (χ2n) is 11.6. The Balaban J connectivity index is 3.02. The van der Waals surface area contributed by atoms with Crippen molar-refractivity contribution >= 4 is 47.8 Å². The Morgan fingerprint density at radius 1 is 0.365 bits per heavy atom. The van der Waals surface area contributed by atoms with Gasteiger partial charge in [-0.1, -0.05) is 39.5 Å². The molecule has 0 aromatic rings. The average Bonchev–Trinajstić information content (AvgIpc) is 3.18. The molecular weight excluding hydrogens is 688 g/mol. The molecule has 0 bridgehead atoms. The maximum Gasteiger partial charge on any atom is 0.330 e. The molecule has 16 nitrogen and oxygen atoms in total. The molecule has 16 heteroatoms. The highest BCUT2D eigenvalue weighted by molar-refractivity contribution is 5.83. The fraction of sp³-hybridized carbons (Fsp3) is 0.444. The number of hydrogen-bond donors (Lipinski definition) is 0. The Hall–Kier alpha value is -5.80. The zero-order valence-corrected chi connectivity index (χ0v) is 28.9. The van der Waals surface area contributed by atoms with E-state index in [9.17, 15) is 38.4 Å². The lowest BCUT2D eigenvalue weighted by atomic mass is 9.82. The minimum atomic E-state index is -1.51. The van der Waals surface area contributed by atoms with E-state index in [0.717, 1.165) is 36.5 Å². The first kappa shape index (κ1) is 44.2. The monoisotopic (exact) mass is 732 g/mol. The van der Waals surface area contributed by atoms with Gasteiger partial charge in [0.05, 0.1) is 11.8 Å². The van der Waals surface area contributed by atoms with Crippen LogP contribution in [0.5, 0.6) is 0 Å². The number of hydrogen-bond acceptors (Lipinski definition) is 16. The molecule has 0 aliphatic heterocycles. The summed E-state index contributed by atoms with van der Waals surface area (Å²) >= 11 is 0. The molecular formula is C36H44O16. The van der Waals surface area contributed by atoms with Crippen molar-refractivity contribution in [3.05, 3.63) is 75.9 Å². The molecule has 0 aromatic heterocycles. The van der Waals surface area contributed by atoms with E-state index in [4.69, 9.17) is 37.9 Å². The van der Waals surface area contributed by atoms with Crippen molar-refractivity contribution in [2.24, 2.45) is 22.7 Å². The second kappa shape index (κ2) is 22.8. The summed E-state index contributed by atoms with van der Waals surface area (Å²) in [5, 5.41) is 0. The molecule has 1 aliphatic carbocycles. The maximum atomic E-state index is 13.2. The first-order valence-electron chi connectivity index (χ1n) is 15.8. The lowest BCUT2D eigenvalue weighted by Gasteiger charge is -2.33. The minimum Gasteiger partial charge on any atom is -0.464 e. The van der Waals surface area contributed by atoms with Gasteiger partial charge in [-0.05, 0) is 25.7 Å². The predicted molar refractivity (Wildman–Crippen MR) is 179 cm³/mol. The van der Waals surface area contributed by atoms with Gasteiger partial charge in [0, 0.05) is 36.5 Å². The predicted octanol–water partition coefficient (Wildman–Crippen LogP) is 2.23. The Morgan fingerprint density at radius 3 is 0.712 bits per heavy atom. The lowest BCUT2D eigenvalue weighted by Crippen LogP contribution is -2.44. The van der Waals surface area contributed by atoms with Crippen molar-refractivity contribution in [2.45, 2.75) is 25.7 Å². The Bertz CT molecular complexity index is 1160. The first-order chi connectivity index (χ1) is 24.7. The average molecular weight is 733 g/mol. The van der Waals surface area contributed by atoms with Gasteiger partial charge in [0.2, 0.25) is 0 Å². The van der Waals surface area contributed by atoms with Crippen LogP contribution < -0.4 is 0 Å². The van der Waals surface area contributed by atoms with Crippen LogP contribution in [0, 0.1) is 22.7 Å². The summed E-state index contributed by atoms with van der Waals surface area (Å²) in [5.41, 5.74) is -3.03. The largest absolute Gasteiger partial charge is 0.464 e. The highest BCUT2D eigenvalue weighted by Gasteiger charge is 2.41. The van der Waals surface area contributed by atoms with E-state index in [2.05, 4.69) is 39.5 Å². The van der Waals surface area contributed by atoms with Gasteiger partial charge >= 0.3 is 47.8 Å². The summed E-state index contributed by atoms with van der Waals surface area (Å²) in [4.78, 5) is 97.3. The molecule has 1 fully saturated rings. The molecule has 0 N–H and O–H groups in total. The maximum absolute atomic E-state index is 13.2. The van der Waals surface area contributed by atoms with Crippen LogP contribution in [0.4, 0.5) is 0 Å². The van der Waals surface area contributed by atoms with Crippen LogP contribution >= 0.6 is 0 Å². The SMILES string of the molecule is C=CC(=O)OCC(COC(=O)C=C)(COC(=O)C=C)COC(=O)C1CCC(C(=O)OCC(COC(=O)C=C)(COC(=O)C=C)COC(=O)C=C)CC1. The lowest BCUT2D eigenvalue weighted by molar-refractivity contribution is -0.173. The van der Waals surface area contributed by atoms with Crippen LogP contribution in [-0.2, 0) is 76.3 Å². The smallest absolute Gasteiger partial charge is 0.330 e. The van der Waals surface area contributed by atoms with Gasteiger partial charge in [0.1, 0.15) is 63.7 Å². The number of rotatable bonds is 24. The van der Waals surface area contributed by atoms with Crippen molar-refractivity contribution in [1.82, 2.24) is 0 Å². The minimum absolute atomic E-state index is 0.198. The number of ether oxygens (including phenoxy) is 8. The molecule has 0 spiro atoms. The quantitative estimate of drug-likeness (QED) is 0.0791. The summed E-state index contributed by atoms with van der Waals surface area (Å²) < 4.78 is 41.9. The van der Waals surface area contributed by atoms with Crippen LogP contribution in [0.2, 0.25) is 0 Å². The van der Waals surface area contributed by atoms with Crippen LogP contribution in [-0.4, -0.2) is 101 Å². The molecule has 1 rings (SSSR count). The van der Waals surface area contributed by atoms with Crippen molar-refractivity contribution in [3.63, 3.8) is 0 Å². The molecule has 1 saturated carbocycles. The van der Waals surface area contributed by atoms with E-state index in [1.165, 1.54) is 0 Å². The first-order valence-corrected chi connectivity index (χ1v) is 15.8. The molecule has 284 valence electrons. The number of esters is 8. The fourth-order valence-corrected chi connectivity index (χ4v) is 4.45. The normalized spacial score (nSPS) is 15.2. The third kappa shape index (κ3) is 15.8. The highest BCUT2D eigenvalue weighted by atomic mass is 16.6. The summed E-state index contributed by atoms with van der Waals surface area (Å²) in [5.74, 6) is -7.70. The van der Waals surface area contributed by atoms with Gasteiger partial charge in [-0.3, -0.25) is 9.59 Å². The van der Waals surface area contributed by atoms with Gasteiger partial charge < -0.3 is 37.9 Å². The van der Waals surface area contributed by atoms with E-state index in [-0.39, 0.29) is 25.7 Å². The second-order valence-corrected chi connectivity index (χ2v) is 11.6. The number of carbonyl (C=O) groups is 8. The molecule has 0 atom stereocenters. The van der Waals surface area contributed by atoms with Crippen LogP contribution in [0.15, 0.2) is 75.9 Å². The highest BCUT2D eigenvalue weighted by Crippen LogP contribution is 2.32. The van der Waals surface area contributed by atoms with E-state index in [1.54, 1.807) is 0 Å². The summed E-state index contributed by atoms with van der Waals surface area (Å²) in [6.07, 6.45) is 6.12. The fourth-order valence-electron chi connectivity index (χ4n) is 4.45. The molecule has 0 radical (unpaired) electrons. The zero-order valence-electron chi connectivity index (χ0n) is 28.9. The van der Waals surface area contributed by atoms with Crippen LogP contribution in [0.3, 0.4) is 0 Å². The van der Waals surface area contributed by atoms with Crippen molar-refractivity contribution in [1.29, 1.82) is 0 Å². The van der Waals surface area contributed by atoms with Crippen molar-refractivity contribution < 1.29 is 76.3 Å². The van der Waals surface area contributed by atoms with Gasteiger partial charge in [-0.15, -0.1) is 0 Å². The van der Waals surface area contributed by atoms with Gasteiger partial charge in [-0.25, -0.2) is 28.8 Å². The van der Waals surface area contributed by atoms with Crippen molar-refractivity contribution in [2.75, 3.05) is 52.9 Å². The van der Waals surface area contributed by atoms with Gasteiger partial charge in [-0.2, -0.15) is 0 Å². The molecule has 0 amide bonds. The molecule has 1 aliphatic rings. The zero-order chi connectivity index (χ0) is 39.2. The third-order valence-corrected chi connectivity index (χ3v) is 7.56. The van der Waals surface area contributed by atoms with Gasteiger partial charge in [0.25, 0.3) is 0 Å². The molecule has 0 unspecified atom stereocenters. The molecule has 0 saturated heterocycles. The van der Waals surface area contributed by atoms with E-state index >= 15 is 0 Å². The van der Waals surface area contributed by atoms with Gasteiger partial charge in [0.15, 0.2) is 0 Å². The van der Waals surface area contributed by atoms with Crippen LogP contribution in [0.1, 0.15) is 25.7 Å². The molecule has 0 aromatic carbocycles. The Morgan fingerprint density at radius 2 is 0.538 bits per heavy atom. The van der Waals surface area contributed by atoms with Crippen LogP contribution in [0.25, 0.3) is 0 Å². The number of carbonyl (C=O) groups excluding carboxylic acids is 8. The van der Waals surface area contributed by atoms with E-state index in [1.807, 2.05) is 0 Å². The van der Waals surface area contributed by atoms with E-state index in [0.29, 0.717) is 0 Å². The summed E-state index contributed by atoms with van der Waals surface area (Å²) in [6.45, 7) is 15.9.